The van der Waals surface area contributed by atoms with Crippen LogP contribution in [-0.4, -0.2) is 60.5 Å². The third-order valence-corrected chi connectivity index (χ3v) is 7.51. The molecule has 2 N–H and O–H groups in total. The van der Waals surface area contributed by atoms with Gasteiger partial charge in [-0.15, -0.1) is 0 Å². The maximum absolute atomic E-state index is 13.4. The molecule has 8 heteroatoms. The van der Waals surface area contributed by atoms with Crippen molar-refractivity contribution in [3.05, 3.63) is 35.6 Å². The summed E-state index contributed by atoms with van der Waals surface area (Å²) in [6.45, 7) is 8.14. The first-order valence-electron chi connectivity index (χ1n) is 13.9. The number of nitrogens with zero attached hydrogens (tertiary/aromatic N) is 1. The Balaban J connectivity index is 1.96. The molecule has 0 heterocycles. The molecule has 0 bridgehead atoms. The molecular formula is C29H46FN3O4. The topological polar surface area (TPSA) is 87.7 Å². The number of rotatable bonds is 14. The van der Waals surface area contributed by atoms with Crippen LogP contribution in [-0.2, 0) is 25.5 Å². The third kappa shape index (κ3) is 10.1. The van der Waals surface area contributed by atoms with Crippen molar-refractivity contribution in [2.24, 2.45) is 5.92 Å². The first-order valence-corrected chi connectivity index (χ1v) is 13.9. The monoisotopic (exact) mass is 519 g/mol. The largest absolute Gasteiger partial charge is 0.375 e. The van der Waals surface area contributed by atoms with Gasteiger partial charge < -0.3 is 20.3 Å². The zero-order valence-electron chi connectivity index (χ0n) is 23.2. The van der Waals surface area contributed by atoms with Gasteiger partial charge in [0.1, 0.15) is 17.9 Å². The van der Waals surface area contributed by atoms with Gasteiger partial charge in [-0.1, -0.05) is 38.8 Å². The number of hydrogen-bond donors (Lipinski definition) is 2. The standard InChI is InChI=1S/C29H46FN3O4/c1-6-20(3)37-26-13-9-8-11-23(26)12-10-18-31-29(36)25(19-22-14-16-24(30)17-15-22)32-28(35)21(4)33(5)27(34)7-2/h14-17,20-21,23,25-26H,6-13,18-19H2,1-5H3,(H,31,36)(H,32,35)/t20-,21-,23?,25-,26?/m1/s1. The number of nitrogens with one attached hydrogen (secondary N) is 2. The molecule has 1 saturated carbocycles. The summed E-state index contributed by atoms with van der Waals surface area (Å²) in [7, 11) is 1.58. The first kappa shape index (κ1) is 30.7. The number of hydrogen-bond acceptors (Lipinski definition) is 4. The molecule has 1 fully saturated rings. The van der Waals surface area contributed by atoms with Crippen LogP contribution in [0.25, 0.3) is 0 Å². The Labute approximate surface area is 221 Å². The summed E-state index contributed by atoms with van der Waals surface area (Å²) < 4.78 is 19.6. The van der Waals surface area contributed by atoms with E-state index in [0.717, 1.165) is 37.7 Å². The van der Waals surface area contributed by atoms with Gasteiger partial charge >= 0.3 is 0 Å². The Hall–Kier alpha value is -2.48. The normalized spacial score (nSPS) is 19.9. The molecule has 208 valence electrons. The molecule has 1 aromatic rings. The molecule has 0 radical (unpaired) electrons. The number of amides is 3. The summed E-state index contributed by atoms with van der Waals surface area (Å²) in [5, 5.41) is 5.79. The van der Waals surface area contributed by atoms with Gasteiger partial charge in [-0.05, 0) is 69.6 Å². The summed E-state index contributed by atoms with van der Waals surface area (Å²) in [4.78, 5) is 39.4. The van der Waals surface area contributed by atoms with Crippen LogP contribution in [0.4, 0.5) is 4.39 Å². The minimum atomic E-state index is -0.832. The maximum Gasteiger partial charge on any atom is 0.243 e. The van der Waals surface area contributed by atoms with Crippen LogP contribution in [0, 0.1) is 11.7 Å². The molecule has 7 nitrogen and oxygen atoms in total. The van der Waals surface area contributed by atoms with E-state index in [2.05, 4.69) is 24.5 Å². The third-order valence-electron chi connectivity index (χ3n) is 7.51. The Morgan fingerprint density at radius 2 is 1.76 bits per heavy atom. The minimum Gasteiger partial charge on any atom is -0.375 e. The van der Waals surface area contributed by atoms with E-state index in [-0.39, 0.29) is 42.7 Å². The SMILES string of the molecule is CCC(=O)N(C)[C@H](C)C(=O)N[C@H](Cc1ccc(F)cc1)C(=O)NCCCC1CCCCC1O[C@H](C)CC. The Morgan fingerprint density at radius 1 is 1.08 bits per heavy atom. The van der Waals surface area contributed by atoms with Crippen LogP contribution < -0.4 is 10.6 Å². The first-order chi connectivity index (χ1) is 17.7. The number of carbonyl (C=O) groups is 3. The van der Waals surface area contributed by atoms with Gasteiger partial charge in [0.2, 0.25) is 17.7 Å². The van der Waals surface area contributed by atoms with Crippen molar-refractivity contribution in [2.45, 2.75) is 110 Å². The number of ether oxygens (including phenoxy) is 1. The van der Waals surface area contributed by atoms with Crippen LogP contribution in [0.3, 0.4) is 0 Å². The van der Waals surface area contributed by atoms with Gasteiger partial charge in [0, 0.05) is 26.4 Å². The van der Waals surface area contributed by atoms with Crippen molar-refractivity contribution in [2.75, 3.05) is 13.6 Å². The molecule has 1 aromatic carbocycles. The molecule has 37 heavy (non-hydrogen) atoms. The molecule has 0 spiro atoms. The van der Waals surface area contributed by atoms with E-state index in [1.165, 1.54) is 29.9 Å². The second-order valence-electron chi connectivity index (χ2n) is 10.3. The highest BCUT2D eigenvalue weighted by atomic mass is 19.1. The highest BCUT2D eigenvalue weighted by Crippen LogP contribution is 2.31. The smallest absolute Gasteiger partial charge is 0.243 e. The van der Waals surface area contributed by atoms with Gasteiger partial charge in [0.05, 0.1) is 12.2 Å². The Morgan fingerprint density at radius 3 is 2.41 bits per heavy atom. The van der Waals surface area contributed by atoms with E-state index in [0.29, 0.717) is 12.5 Å². The maximum atomic E-state index is 13.4. The predicted molar refractivity (Wildman–Crippen MR) is 143 cm³/mol. The van der Waals surface area contributed by atoms with E-state index in [1.54, 1.807) is 33.0 Å². The predicted octanol–water partition coefficient (Wildman–Crippen LogP) is 4.38. The summed E-state index contributed by atoms with van der Waals surface area (Å²) in [5.41, 5.74) is 0.736. The Bertz CT molecular complexity index is 863. The van der Waals surface area contributed by atoms with Crippen LogP contribution >= 0.6 is 0 Å². The van der Waals surface area contributed by atoms with E-state index in [1.807, 2.05) is 0 Å². The molecule has 2 rings (SSSR count). The summed E-state index contributed by atoms with van der Waals surface area (Å²) in [6, 6.07) is 4.35. The van der Waals surface area contributed by atoms with E-state index >= 15 is 0 Å². The number of carbonyl (C=O) groups excluding carboxylic acids is 3. The fourth-order valence-electron chi connectivity index (χ4n) is 4.78. The van der Waals surface area contributed by atoms with E-state index in [9.17, 15) is 18.8 Å². The van der Waals surface area contributed by atoms with Crippen molar-refractivity contribution in [3.63, 3.8) is 0 Å². The summed E-state index contributed by atoms with van der Waals surface area (Å²) in [6.07, 6.45) is 8.55. The second-order valence-corrected chi connectivity index (χ2v) is 10.3. The quantitative estimate of drug-likeness (QED) is 0.357. The van der Waals surface area contributed by atoms with E-state index in [4.69, 9.17) is 4.74 Å². The fourth-order valence-corrected chi connectivity index (χ4v) is 4.78. The highest BCUT2D eigenvalue weighted by molar-refractivity contribution is 5.91. The lowest BCUT2D eigenvalue weighted by molar-refractivity contribution is -0.139. The van der Waals surface area contributed by atoms with Crippen molar-refractivity contribution >= 4 is 17.7 Å². The zero-order valence-corrected chi connectivity index (χ0v) is 23.2. The number of halogens is 1. The lowest BCUT2D eigenvalue weighted by Crippen LogP contribution is -2.54. The van der Waals surface area contributed by atoms with Crippen molar-refractivity contribution in [3.8, 4) is 0 Å². The van der Waals surface area contributed by atoms with Crippen molar-refractivity contribution in [1.29, 1.82) is 0 Å². The minimum absolute atomic E-state index is 0.152. The summed E-state index contributed by atoms with van der Waals surface area (Å²) >= 11 is 0. The molecule has 1 aliphatic rings. The molecule has 0 saturated heterocycles. The molecule has 2 unspecified atom stereocenters. The molecule has 5 atom stereocenters. The lowest BCUT2D eigenvalue weighted by Gasteiger charge is -2.33. The highest BCUT2D eigenvalue weighted by Gasteiger charge is 2.28. The lowest BCUT2D eigenvalue weighted by atomic mass is 9.83. The molecule has 0 aliphatic heterocycles. The second kappa shape index (κ2) is 15.7. The molecule has 1 aliphatic carbocycles. The molecule has 0 aromatic heterocycles. The van der Waals surface area contributed by atoms with Crippen LogP contribution in [0.1, 0.15) is 84.6 Å². The van der Waals surface area contributed by atoms with Gasteiger partial charge in [0.25, 0.3) is 0 Å². The van der Waals surface area contributed by atoms with Gasteiger partial charge in [-0.3, -0.25) is 14.4 Å². The van der Waals surface area contributed by atoms with Crippen LogP contribution in [0.15, 0.2) is 24.3 Å². The van der Waals surface area contributed by atoms with Gasteiger partial charge in [-0.2, -0.15) is 0 Å². The van der Waals surface area contributed by atoms with Crippen LogP contribution in [0.5, 0.6) is 0 Å². The number of likely N-dealkylation sites (N-methyl/N-ethyl adjacent to an activating group) is 1. The molecule has 3 amide bonds. The van der Waals surface area contributed by atoms with Gasteiger partial charge in [0.15, 0.2) is 0 Å². The van der Waals surface area contributed by atoms with Gasteiger partial charge in [-0.25, -0.2) is 4.39 Å². The number of benzene rings is 1. The fraction of sp³-hybridized carbons (Fsp3) is 0.690. The van der Waals surface area contributed by atoms with Crippen molar-refractivity contribution in [1.82, 2.24) is 15.5 Å². The zero-order chi connectivity index (χ0) is 27.4. The average molecular weight is 520 g/mol. The summed E-state index contributed by atoms with van der Waals surface area (Å²) in [5.74, 6) is -0.702. The van der Waals surface area contributed by atoms with E-state index < -0.39 is 18.0 Å². The van der Waals surface area contributed by atoms with Crippen molar-refractivity contribution < 1.29 is 23.5 Å². The average Bonchev–Trinajstić information content (AvgIpc) is 2.90. The molecular weight excluding hydrogens is 473 g/mol. The van der Waals surface area contributed by atoms with Crippen LogP contribution in [0.2, 0.25) is 0 Å². The Kier molecular flexibility index (Phi) is 13.0.